The molecule has 0 saturated carbocycles. The molecule has 128 valence electrons. The number of para-hydroxylation sites is 1. The van der Waals surface area contributed by atoms with Gasteiger partial charge in [0.15, 0.2) is 10.9 Å². The first-order chi connectivity index (χ1) is 12.1. The van der Waals surface area contributed by atoms with E-state index in [-0.39, 0.29) is 11.0 Å². The summed E-state index contributed by atoms with van der Waals surface area (Å²) in [6.45, 7) is 5.94. The number of carbonyl (C=O) groups excluding carboxylic acids is 1. The number of ketones is 1. The average molecular weight is 351 g/mol. The van der Waals surface area contributed by atoms with E-state index in [1.807, 2.05) is 73.0 Å². The summed E-state index contributed by atoms with van der Waals surface area (Å²) in [6.07, 6.45) is 0.970. The van der Waals surface area contributed by atoms with E-state index < -0.39 is 0 Å². The molecule has 0 amide bonds. The summed E-state index contributed by atoms with van der Waals surface area (Å²) in [4.78, 5) is 12.7. The highest BCUT2D eigenvalue weighted by Crippen LogP contribution is 2.27. The molecule has 4 nitrogen and oxygen atoms in total. The van der Waals surface area contributed by atoms with Gasteiger partial charge in [-0.05, 0) is 38.0 Å². The fourth-order valence-electron chi connectivity index (χ4n) is 2.64. The van der Waals surface area contributed by atoms with Crippen LogP contribution in [0.4, 0.5) is 0 Å². The van der Waals surface area contributed by atoms with Crippen LogP contribution in [0.2, 0.25) is 0 Å². The van der Waals surface area contributed by atoms with Crippen molar-refractivity contribution in [3.63, 3.8) is 0 Å². The molecule has 0 aliphatic heterocycles. The van der Waals surface area contributed by atoms with Crippen molar-refractivity contribution < 1.29 is 4.79 Å². The highest BCUT2D eigenvalue weighted by atomic mass is 32.2. The third kappa shape index (κ3) is 3.82. The molecule has 0 spiro atoms. The molecule has 0 N–H and O–H groups in total. The summed E-state index contributed by atoms with van der Waals surface area (Å²) >= 11 is 1.44. The highest BCUT2D eigenvalue weighted by Gasteiger charge is 2.21. The summed E-state index contributed by atoms with van der Waals surface area (Å²) < 4.78 is 1.98. The third-order valence-corrected chi connectivity index (χ3v) is 5.15. The van der Waals surface area contributed by atoms with Gasteiger partial charge >= 0.3 is 0 Å². The number of thioether (sulfide) groups is 1. The van der Waals surface area contributed by atoms with E-state index in [2.05, 4.69) is 17.1 Å². The Morgan fingerprint density at radius 2 is 1.76 bits per heavy atom. The molecule has 0 aliphatic rings. The molecule has 0 aliphatic carbocycles. The van der Waals surface area contributed by atoms with Gasteiger partial charge in [-0.25, -0.2) is 0 Å². The predicted octanol–water partition coefficient (Wildman–Crippen LogP) is 4.50. The summed E-state index contributed by atoms with van der Waals surface area (Å²) in [6, 6.07) is 17.8. The smallest absolute Gasteiger partial charge is 0.196 e. The van der Waals surface area contributed by atoms with Crippen LogP contribution >= 0.6 is 11.8 Å². The number of hydrogen-bond donors (Lipinski definition) is 0. The maximum Gasteiger partial charge on any atom is 0.196 e. The van der Waals surface area contributed by atoms with Crippen molar-refractivity contribution in [2.24, 2.45) is 0 Å². The Hall–Kier alpha value is -2.40. The number of aromatic nitrogens is 3. The standard InChI is InChI=1S/C20H21N3OS/c1-4-16-10-12-17(13-11-16)19(24)14(2)25-20-22-21-15(3)23(20)18-8-6-5-7-9-18/h5-14H,4H2,1-3H3. The quantitative estimate of drug-likeness (QED) is 0.484. The first-order valence-corrected chi connectivity index (χ1v) is 9.25. The van der Waals surface area contributed by atoms with Gasteiger partial charge in [-0.2, -0.15) is 0 Å². The minimum atomic E-state index is -0.237. The lowest BCUT2D eigenvalue weighted by molar-refractivity contribution is 0.0994. The van der Waals surface area contributed by atoms with Crippen molar-refractivity contribution in [1.29, 1.82) is 0 Å². The summed E-state index contributed by atoms with van der Waals surface area (Å²) in [5.41, 5.74) is 2.97. The van der Waals surface area contributed by atoms with E-state index in [0.29, 0.717) is 0 Å². The van der Waals surface area contributed by atoms with Crippen molar-refractivity contribution in [2.45, 2.75) is 37.6 Å². The van der Waals surface area contributed by atoms with Crippen LogP contribution in [-0.2, 0) is 6.42 Å². The van der Waals surface area contributed by atoms with Gasteiger partial charge in [-0.1, -0.05) is 61.2 Å². The monoisotopic (exact) mass is 351 g/mol. The summed E-state index contributed by atoms with van der Waals surface area (Å²) in [5.74, 6) is 0.911. The van der Waals surface area contributed by atoms with Crippen LogP contribution in [0.5, 0.6) is 0 Å². The molecule has 25 heavy (non-hydrogen) atoms. The fraction of sp³-hybridized carbons (Fsp3) is 0.250. The van der Waals surface area contributed by atoms with E-state index >= 15 is 0 Å². The molecule has 0 bridgehead atoms. The zero-order chi connectivity index (χ0) is 17.8. The number of aryl methyl sites for hydroxylation is 2. The maximum absolute atomic E-state index is 12.7. The van der Waals surface area contributed by atoms with E-state index in [1.165, 1.54) is 17.3 Å². The Morgan fingerprint density at radius 1 is 1.08 bits per heavy atom. The lowest BCUT2D eigenvalue weighted by Gasteiger charge is -2.12. The topological polar surface area (TPSA) is 47.8 Å². The van der Waals surface area contributed by atoms with Crippen molar-refractivity contribution in [2.75, 3.05) is 0 Å². The van der Waals surface area contributed by atoms with Gasteiger partial charge < -0.3 is 0 Å². The Morgan fingerprint density at radius 3 is 2.40 bits per heavy atom. The van der Waals surface area contributed by atoms with Crippen LogP contribution in [0.3, 0.4) is 0 Å². The van der Waals surface area contributed by atoms with E-state index in [0.717, 1.165) is 28.7 Å². The second-order valence-corrected chi connectivity index (χ2v) is 7.18. The van der Waals surface area contributed by atoms with Gasteiger partial charge in [0.25, 0.3) is 0 Å². The van der Waals surface area contributed by atoms with Crippen molar-refractivity contribution in [3.05, 3.63) is 71.5 Å². The van der Waals surface area contributed by atoms with Gasteiger partial charge in [-0.15, -0.1) is 10.2 Å². The first-order valence-electron chi connectivity index (χ1n) is 8.37. The van der Waals surface area contributed by atoms with Gasteiger partial charge in [-0.3, -0.25) is 9.36 Å². The molecule has 1 unspecified atom stereocenters. The number of nitrogens with zero attached hydrogens (tertiary/aromatic N) is 3. The van der Waals surface area contributed by atoms with E-state index in [9.17, 15) is 4.79 Å². The van der Waals surface area contributed by atoms with Crippen LogP contribution in [0.1, 0.15) is 35.6 Å². The van der Waals surface area contributed by atoms with E-state index in [4.69, 9.17) is 0 Å². The Kier molecular flexibility index (Phi) is 5.34. The van der Waals surface area contributed by atoms with E-state index in [1.54, 1.807) is 0 Å². The zero-order valence-electron chi connectivity index (χ0n) is 14.6. The van der Waals surface area contributed by atoms with Crippen LogP contribution in [0.15, 0.2) is 59.8 Å². The molecule has 0 saturated heterocycles. The molecule has 3 rings (SSSR count). The minimum Gasteiger partial charge on any atom is -0.293 e. The number of carbonyl (C=O) groups is 1. The van der Waals surface area contributed by atoms with Gasteiger partial charge in [0.1, 0.15) is 5.82 Å². The predicted molar refractivity (Wildman–Crippen MR) is 102 cm³/mol. The Bertz CT molecular complexity index is 856. The van der Waals surface area contributed by atoms with Gasteiger partial charge in [0.2, 0.25) is 0 Å². The molecule has 2 aromatic carbocycles. The normalized spacial score (nSPS) is 12.1. The maximum atomic E-state index is 12.7. The van der Waals surface area contributed by atoms with Crippen molar-refractivity contribution >= 4 is 17.5 Å². The fourth-order valence-corrected chi connectivity index (χ4v) is 3.63. The van der Waals surface area contributed by atoms with Gasteiger partial charge in [0, 0.05) is 11.3 Å². The average Bonchev–Trinajstić information content (AvgIpc) is 3.02. The number of benzene rings is 2. The minimum absolute atomic E-state index is 0.105. The van der Waals surface area contributed by atoms with Crippen LogP contribution < -0.4 is 0 Å². The first kappa shape index (κ1) is 17.4. The second-order valence-electron chi connectivity index (χ2n) is 5.88. The third-order valence-electron chi connectivity index (χ3n) is 4.11. The SMILES string of the molecule is CCc1ccc(C(=O)C(C)Sc2nnc(C)n2-c2ccccc2)cc1. The molecule has 0 radical (unpaired) electrons. The lowest BCUT2D eigenvalue weighted by atomic mass is 10.1. The van der Waals surface area contributed by atoms with Crippen LogP contribution in [0.25, 0.3) is 5.69 Å². The summed E-state index contributed by atoms with van der Waals surface area (Å²) in [7, 11) is 0. The number of hydrogen-bond acceptors (Lipinski definition) is 4. The lowest BCUT2D eigenvalue weighted by Crippen LogP contribution is -2.14. The highest BCUT2D eigenvalue weighted by molar-refractivity contribution is 8.00. The molecular weight excluding hydrogens is 330 g/mol. The van der Waals surface area contributed by atoms with Crippen LogP contribution in [-0.4, -0.2) is 25.8 Å². The molecule has 0 fully saturated rings. The number of Topliss-reactive ketones (excluding diaryl/α,β-unsaturated/α-hetero) is 1. The molecule has 1 atom stereocenters. The molecule has 1 aromatic heterocycles. The van der Waals surface area contributed by atoms with Crippen molar-refractivity contribution in [1.82, 2.24) is 14.8 Å². The molecule has 5 heteroatoms. The molecular formula is C20H21N3OS. The van der Waals surface area contributed by atoms with Crippen molar-refractivity contribution in [3.8, 4) is 5.69 Å². The van der Waals surface area contributed by atoms with Crippen LogP contribution in [0, 0.1) is 6.92 Å². The molecule has 1 heterocycles. The number of rotatable bonds is 6. The van der Waals surface area contributed by atoms with Gasteiger partial charge in [0.05, 0.1) is 5.25 Å². The molecule has 3 aromatic rings. The summed E-state index contributed by atoms with van der Waals surface area (Å²) in [5, 5.41) is 8.93. The zero-order valence-corrected chi connectivity index (χ0v) is 15.5. The Labute approximate surface area is 152 Å². The Balaban J connectivity index is 1.81. The second kappa shape index (κ2) is 7.66. The largest absolute Gasteiger partial charge is 0.293 e.